The molecule has 1 unspecified atom stereocenters. The largest absolute Gasteiger partial charge is 0.488 e. The number of rotatable bonds is 5. The fraction of sp³-hybridized carbons (Fsp3) is 0.250. The molecule has 2 aromatic carbocycles. The Balaban J connectivity index is 1.52. The zero-order chi connectivity index (χ0) is 20.2. The highest BCUT2D eigenvalue weighted by Crippen LogP contribution is 2.29. The Morgan fingerprint density at radius 3 is 2.24 bits per heavy atom. The van der Waals surface area contributed by atoms with Crippen molar-refractivity contribution in [3.8, 4) is 5.75 Å². The van der Waals surface area contributed by atoms with Crippen LogP contribution in [0.1, 0.15) is 29.2 Å². The smallest absolute Gasteiger partial charge is 0.339 e. The molecule has 5 heteroatoms. The lowest BCUT2D eigenvalue weighted by atomic mass is 9.90. The van der Waals surface area contributed by atoms with E-state index >= 15 is 0 Å². The van der Waals surface area contributed by atoms with E-state index in [2.05, 4.69) is 0 Å². The number of aryl methyl sites for hydroxylation is 1. The Morgan fingerprint density at radius 2 is 1.66 bits per heavy atom. The lowest BCUT2D eigenvalue weighted by molar-refractivity contribution is -0.131. The molecule has 4 rings (SSSR count). The minimum Gasteiger partial charge on any atom is -0.488 e. The zero-order valence-electron chi connectivity index (χ0n) is 16.3. The van der Waals surface area contributed by atoms with E-state index in [1.165, 1.54) is 6.07 Å². The summed E-state index contributed by atoms with van der Waals surface area (Å²) in [4.78, 5) is 26.9. The first-order valence-electron chi connectivity index (χ1n) is 9.77. The van der Waals surface area contributed by atoms with Gasteiger partial charge in [-0.25, -0.2) is 4.79 Å². The van der Waals surface area contributed by atoms with Gasteiger partial charge in [0.1, 0.15) is 17.6 Å². The molecule has 1 aliphatic heterocycles. The molecule has 0 N–H and O–H groups in total. The van der Waals surface area contributed by atoms with Gasteiger partial charge in [0, 0.05) is 19.0 Å². The predicted molar refractivity (Wildman–Crippen MR) is 110 cm³/mol. The van der Waals surface area contributed by atoms with Crippen LogP contribution >= 0.6 is 0 Å². The second-order valence-corrected chi connectivity index (χ2v) is 7.29. The van der Waals surface area contributed by atoms with Gasteiger partial charge in [-0.1, -0.05) is 60.7 Å². The Bertz CT molecular complexity index is 990. The number of ether oxygens (including phenoxy) is 1. The lowest BCUT2D eigenvalue weighted by Crippen LogP contribution is -2.35. The van der Waals surface area contributed by atoms with Gasteiger partial charge in [-0.05, 0) is 18.1 Å². The van der Waals surface area contributed by atoms with Crippen molar-refractivity contribution < 1.29 is 13.9 Å². The number of benzene rings is 2. The summed E-state index contributed by atoms with van der Waals surface area (Å²) < 4.78 is 10.9. The second kappa shape index (κ2) is 8.35. The molecule has 3 aromatic rings. The van der Waals surface area contributed by atoms with Crippen LogP contribution in [0.5, 0.6) is 5.75 Å². The lowest BCUT2D eigenvalue weighted by Gasteiger charge is -2.24. The standard InChI is InChI=1S/C24H23NO4/c1-17-14-21(15-22(26)28-17)29-20-12-13-25(16-20)24(27)23(18-8-4-2-5-9-18)19-10-6-3-7-11-19/h2-11,14-15,20,23H,12-13,16H2,1H3. The number of likely N-dealkylation sites (tertiary alicyclic amines) is 1. The van der Waals surface area contributed by atoms with E-state index in [0.717, 1.165) is 17.5 Å². The van der Waals surface area contributed by atoms with E-state index in [1.807, 2.05) is 65.6 Å². The second-order valence-electron chi connectivity index (χ2n) is 7.29. The zero-order valence-corrected chi connectivity index (χ0v) is 16.3. The van der Waals surface area contributed by atoms with E-state index in [4.69, 9.17) is 9.15 Å². The van der Waals surface area contributed by atoms with Crippen LogP contribution in [0, 0.1) is 6.92 Å². The van der Waals surface area contributed by atoms with Crippen LogP contribution in [-0.4, -0.2) is 30.0 Å². The highest BCUT2D eigenvalue weighted by Gasteiger charge is 2.33. The third kappa shape index (κ3) is 4.40. The van der Waals surface area contributed by atoms with Gasteiger partial charge in [0.25, 0.3) is 0 Å². The molecule has 2 heterocycles. The normalized spacial score (nSPS) is 16.2. The fourth-order valence-electron chi connectivity index (χ4n) is 3.81. The molecule has 0 radical (unpaired) electrons. The molecule has 1 amide bonds. The van der Waals surface area contributed by atoms with Crippen LogP contribution in [0.25, 0.3) is 0 Å². The van der Waals surface area contributed by atoms with E-state index in [-0.39, 0.29) is 17.9 Å². The van der Waals surface area contributed by atoms with Gasteiger partial charge < -0.3 is 14.1 Å². The van der Waals surface area contributed by atoms with Gasteiger partial charge in [0.2, 0.25) is 5.91 Å². The van der Waals surface area contributed by atoms with Gasteiger partial charge in [-0.15, -0.1) is 0 Å². The van der Waals surface area contributed by atoms with Crippen molar-refractivity contribution >= 4 is 5.91 Å². The number of carbonyl (C=O) groups is 1. The van der Waals surface area contributed by atoms with Crippen LogP contribution in [0.3, 0.4) is 0 Å². The van der Waals surface area contributed by atoms with Gasteiger partial charge in [0.05, 0.1) is 18.5 Å². The van der Waals surface area contributed by atoms with Crippen LogP contribution < -0.4 is 10.4 Å². The predicted octanol–water partition coefficient (Wildman–Crippen LogP) is 3.76. The molecule has 148 valence electrons. The van der Waals surface area contributed by atoms with Crippen molar-refractivity contribution in [3.63, 3.8) is 0 Å². The molecule has 1 atom stereocenters. The third-order valence-electron chi connectivity index (χ3n) is 5.14. The SMILES string of the molecule is Cc1cc(OC2CCN(C(=O)C(c3ccccc3)c3ccccc3)C2)cc(=O)o1. The summed E-state index contributed by atoms with van der Waals surface area (Å²) in [6.07, 6.45) is 0.578. The molecule has 29 heavy (non-hydrogen) atoms. The highest BCUT2D eigenvalue weighted by atomic mass is 16.5. The number of nitrogens with zero attached hydrogens (tertiary/aromatic N) is 1. The van der Waals surface area contributed by atoms with Crippen molar-refractivity contribution in [2.75, 3.05) is 13.1 Å². The van der Waals surface area contributed by atoms with Crippen molar-refractivity contribution in [2.45, 2.75) is 25.4 Å². The van der Waals surface area contributed by atoms with Gasteiger partial charge >= 0.3 is 5.63 Å². The van der Waals surface area contributed by atoms with Crippen molar-refractivity contribution in [2.24, 2.45) is 0 Å². The summed E-state index contributed by atoms with van der Waals surface area (Å²) in [5.41, 5.74) is 1.52. The number of amides is 1. The maximum Gasteiger partial charge on any atom is 0.339 e. The molecule has 0 bridgehead atoms. The molecule has 5 nitrogen and oxygen atoms in total. The summed E-state index contributed by atoms with van der Waals surface area (Å²) in [5, 5.41) is 0. The molecular weight excluding hydrogens is 366 g/mol. The number of hydrogen-bond donors (Lipinski definition) is 0. The molecule has 0 aliphatic carbocycles. The van der Waals surface area contributed by atoms with E-state index < -0.39 is 5.63 Å². The highest BCUT2D eigenvalue weighted by molar-refractivity contribution is 5.87. The maximum absolute atomic E-state index is 13.5. The fourth-order valence-corrected chi connectivity index (χ4v) is 3.81. The molecule has 1 saturated heterocycles. The molecule has 0 spiro atoms. The van der Waals surface area contributed by atoms with Crippen molar-refractivity contribution in [1.82, 2.24) is 4.90 Å². The van der Waals surface area contributed by atoms with Crippen LogP contribution in [0.15, 0.2) is 82.0 Å². The summed E-state index contributed by atoms with van der Waals surface area (Å²) in [5.74, 6) is 0.715. The molecule has 1 aromatic heterocycles. The molecule has 0 saturated carbocycles. The summed E-state index contributed by atoms with van der Waals surface area (Å²) in [6, 6.07) is 22.7. The first-order chi connectivity index (χ1) is 14.1. The quantitative estimate of drug-likeness (QED) is 0.667. The van der Waals surface area contributed by atoms with Gasteiger partial charge in [0.15, 0.2) is 0 Å². The minimum absolute atomic E-state index is 0.0669. The number of hydrogen-bond acceptors (Lipinski definition) is 4. The maximum atomic E-state index is 13.5. The van der Waals surface area contributed by atoms with E-state index in [0.29, 0.717) is 24.6 Å². The van der Waals surface area contributed by atoms with E-state index in [9.17, 15) is 9.59 Å². The van der Waals surface area contributed by atoms with Crippen LogP contribution in [0.2, 0.25) is 0 Å². The van der Waals surface area contributed by atoms with E-state index in [1.54, 1.807) is 13.0 Å². The Kier molecular flexibility index (Phi) is 5.47. The van der Waals surface area contributed by atoms with Crippen molar-refractivity contribution in [1.29, 1.82) is 0 Å². The minimum atomic E-state index is -0.431. The molecule has 1 fully saturated rings. The molecular formula is C24H23NO4. The summed E-state index contributed by atoms with van der Waals surface area (Å²) in [7, 11) is 0. The first-order valence-corrected chi connectivity index (χ1v) is 9.77. The Labute approximate surface area is 169 Å². The summed E-state index contributed by atoms with van der Waals surface area (Å²) in [6.45, 7) is 2.83. The van der Waals surface area contributed by atoms with Gasteiger partial charge in [-0.2, -0.15) is 0 Å². The average molecular weight is 389 g/mol. The van der Waals surface area contributed by atoms with Crippen LogP contribution in [0.4, 0.5) is 0 Å². The average Bonchev–Trinajstić information content (AvgIpc) is 3.17. The van der Waals surface area contributed by atoms with Crippen LogP contribution in [-0.2, 0) is 4.79 Å². The number of carbonyl (C=O) groups excluding carboxylic acids is 1. The van der Waals surface area contributed by atoms with Crippen molar-refractivity contribution in [3.05, 3.63) is 100 Å². The Hall–Kier alpha value is -3.34. The Morgan fingerprint density at radius 1 is 1.03 bits per heavy atom. The topological polar surface area (TPSA) is 59.8 Å². The van der Waals surface area contributed by atoms with Gasteiger partial charge in [-0.3, -0.25) is 4.79 Å². The monoisotopic (exact) mass is 389 g/mol. The molecule has 1 aliphatic rings. The third-order valence-corrected chi connectivity index (χ3v) is 5.14. The first kappa shape index (κ1) is 19.0. The summed E-state index contributed by atoms with van der Waals surface area (Å²) >= 11 is 0.